The molecule has 0 aromatic carbocycles. The van der Waals surface area contributed by atoms with Crippen molar-refractivity contribution in [2.75, 3.05) is 13.2 Å². The number of nitrogens with one attached hydrogen (secondary N) is 2. The van der Waals surface area contributed by atoms with E-state index in [9.17, 15) is 0 Å². The molecule has 4 nitrogen and oxygen atoms in total. The Hall–Kier alpha value is -0.160. The average molecular weight is 298 g/mol. The molecule has 0 radical (unpaired) electrons. The zero-order valence-electron chi connectivity index (χ0n) is 15.0. The van der Waals surface area contributed by atoms with Crippen molar-refractivity contribution in [3.8, 4) is 0 Å². The van der Waals surface area contributed by atoms with Crippen LogP contribution in [0.5, 0.6) is 0 Å². The van der Waals surface area contributed by atoms with E-state index in [4.69, 9.17) is 9.47 Å². The second-order valence-electron chi connectivity index (χ2n) is 9.42. The van der Waals surface area contributed by atoms with E-state index in [0.29, 0.717) is 12.1 Å². The van der Waals surface area contributed by atoms with Crippen molar-refractivity contribution >= 4 is 0 Å². The van der Waals surface area contributed by atoms with Gasteiger partial charge in [-0.15, -0.1) is 0 Å². The molecule has 2 unspecified atom stereocenters. The molecule has 2 aliphatic rings. The summed E-state index contributed by atoms with van der Waals surface area (Å²) in [6.45, 7) is 19.5. The Balaban J connectivity index is 2.00. The highest BCUT2D eigenvalue weighted by Gasteiger charge is 2.48. The van der Waals surface area contributed by atoms with Crippen molar-refractivity contribution in [2.24, 2.45) is 16.2 Å². The molecular weight excluding hydrogens is 264 g/mol. The highest BCUT2D eigenvalue weighted by Crippen LogP contribution is 2.37. The number of rotatable bonds is 2. The van der Waals surface area contributed by atoms with Crippen LogP contribution in [0.15, 0.2) is 0 Å². The number of hydrogen-bond donors (Lipinski definition) is 2. The van der Waals surface area contributed by atoms with Gasteiger partial charge in [0.25, 0.3) is 0 Å². The molecule has 0 aromatic heterocycles. The summed E-state index contributed by atoms with van der Waals surface area (Å²) in [7, 11) is 0. The van der Waals surface area contributed by atoms with Gasteiger partial charge >= 0.3 is 0 Å². The molecular formula is C17H34N2O2. The van der Waals surface area contributed by atoms with Crippen molar-refractivity contribution in [3.05, 3.63) is 0 Å². The first-order chi connectivity index (χ1) is 9.42. The van der Waals surface area contributed by atoms with Gasteiger partial charge in [-0.25, -0.2) is 0 Å². The molecule has 21 heavy (non-hydrogen) atoms. The molecule has 124 valence electrons. The number of ether oxygens (including phenoxy) is 2. The first-order valence-electron chi connectivity index (χ1n) is 8.17. The van der Waals surface area contributed by atoms with E-state index in [1.807, 2.05) is 0 Å². The van der Waals surface area contributed by atoms with Crippen LogP contribution in [0.25, 0.3) is 0 Å². The zero-order chi connectivity index (χ0) is 16.1. The maximum Gasteiger partial charge on any atom is 0.117 e. The molecule has 2 aliphatic heterocycles. The minimum Gasteiger partial charge on any atom is -0.361 e. The standard InChI is InChI=1S/C17H34N2O2/c1-15(2,3)11-9-20-13(18-11)17(7,8)14-19-12(10-21-14)16(4,5)6/h11-14,18-19H,9-10H2,1-8H3/t11-,12-,13?,14?/m0/s1. The van der Waals surface area contributed by atoms with Gasteiger partial charge in [-0.1, -0.05) is 55.4 Å². The Kier molecular flexibility index (Phi) is 4.49. The monoisotopic (exact) mass is 298 g/mol. The van der Waals surface area contributed by atoms with E-state index < -0.39 is 0 Å². The predicted molar refractivity (Wildman–Crippen MR) is 86.0 cm³/mol. The van der Waals surface area contributed by atoms with Gasteiger partial charge in [0, 0.05) is 17.5 Å². The summed E-state index contributed by atoms with van der Waals surface area (Å²) in [6, 6.07) is 0.781. The van der Waals surface area contributed by atoms with Gasteiger partial charge < -0.3 is 9.47 Å². The maximum absolute atomic E-state index is 6.06. The summed E-state index contributed by atoms with van der Waals surface area (Å²) in [5, 5.41) is 7.32. The highest BCUT2D eigenvalue weighted by atomic mass is 16.5. The van der Waals surface area contributed by atoms with Crippen LogP contribution < -0.4 is 10.6 Å². The molecule has 2 saturated heterocycles. The van der Waals surface area contributed by atoms with Crippen LogP contribution >= 0.6 is 0 Å². The summed E-state index contributed by atoms with van der Waals surface area (Å²) in [4.78, 5) is 0. The van der Waals surface area contributed by atoms with Crippen molar-refractivity contribution < 1.29 is 9.47 Å². The Morgan fingerprint density at radius 2 is 1.00 bits per heavy atom. The molecule has 2 N–H and O–H groups in total. The summed E-state index contributed by atoms with van der Waals surface area (Å²) in [6.07, 6.45) is 0.0517. The third kappa shape index (κ3) is 3.61. The van der Waals surface area contributed by atoms with Gasteiger partial charge in [0.15, 0.2) is 0 Å². The Bertz CT molecular complexity index is 334. The van der Waals surface area contributed by atoms with E-state index >= 15 is 0 Å². The summed E-state index contributed by atoms with van der Waals surface area (Å²) >= 11 is 0. The quantitative estimate of drug-likeness (QED) is 0.822. The lowest BCUT2D eigenvalue weighted by Crippen LogP contribution is -2.54. The van der Waals surface area contributed by atoms with E-state index in [1.54, 1.807) is 0 Å². The molecule has 2 heterocycles. The minimum atomic E-state index is -0.111. The minimum absolute atomic E-state index is 0.0259. The van der Waals surface area contributed by atoms with Crippen LogP contribution in [-0.2, 0) is 9.47 Å². The first-order valence-corrected chi connectivity index (χ1v) is 8.17. The lowest BCUT2D eigenvalue weighted by atomic mass is 9.84. The third-order valence-electron chi connectivity index (χ3n) is 5.01. The zero-order valence-corrected chi connectivity index (χ0v) is 15.0. The van der Waals surface area contributed by atoms with Gasteiger partial charge in [0.1, 0.15) is 12.5 Å². The highest BCUT2D eigenvalue weighted by molar-refractivity contribution is 4.97. The van der Waals surface area contributed by atoms with Crippen molar-refractivity contribution in [1.82, 2.24) is 10.6 Å². The molecule has 2 rings (SSSR count). The fourth-order valence-corrected chi connectivity index (χ4v) is 2.94. The summed E-state index contributed by atoms with van der Waals surface area (Å²) in [5.74, 6) is 0. The second kappa shape index (κ2) is 5.48. The van der Waals surface area contributed by atoms with Crippen LogP contribution in [0.4, 0.5) is 0 Å². The van der Waals surface area contributed by atoms with E-state index in [-0.39, 0.29) is 28.7 Å². The van der Waals surface area contributed by atoms with Crippen molar-refractivity contribution in [2.45, 2.75) is 79.9 Å². The molecule has 4 heteroatoms. The van der Waals surface area contributed by atoms with Gasteiger partial charge in [-0.2, -0.15) is 0 Å². The third-order valence-corrected chi connectivity index (χ3v) is 5.01. The Morgan fingerprint density at radius 1 is 0.667 bits per heavy atom. The first kappa shape index (κ1) is 17.2. The fraction of sp³-hybridized carbons (Fsp3) is 1.00. The normalized spacial score (nSPS) is 35.4. The molecule has 0 aliphatic carbocycles. The lowest BCUT2D eigenvalue weighted by molar-refractivity contribution is -0.0828. The van der Waals surface area contributed by atoms with Crippen molar-refractivity contribution in [1.29, 1.82) is 0 Å². The van der Waals surface area contributed by atoms with Gasteiger partial charge in [0.2, 0.25) is 0 Å². The lowest BCUT2D eigenvalue weighted by Gasteiger charge is -2.37. The summed E-state index contributed by atoms with van der Waals surface area (Å²) in [5.41, 5.74) is 0.311. The van der Waals surface area contributed by atoms with Crippen LogP contribution in [0, 0.1) is 16.2 Å². The number of hydrogen-bond acceptors (Lipinski definition) is 4. The molecule has 0 bridgehead atoms. The van der Waals surface area contributed by atoms with Crippen LogP contribution in [0.3, 0.4) is 0 Å². The second-order valence-corrected chi connectivity index (χ2v) is 9.42. The van der Waals surface area contributed by atoms with Crippen LogP contribution in [-0.4, -0.2) is 37.8 Å². The van der Waals surface area contributed by atoms with E-state index in [2.05, 4.69) is 66.0 Å². The summed E-state index contributed by atoms with van der Waals surface area (Å²) < 4.78 is 12.1. The van der Waals surface area contributed by atoms with Gasteiger partial charge in [-0.3, -0.25) is 10.6 Å². The molecule has 0 aromatic rings. The van der Waals surface area contributed by atoms with Crippen LogP contribution in [0.1, 0.15) is 55.4 Å². The smallest absolute Gasteiger partial charge is 0.117 e. The molecule has 2 fully saturated rings. The molecule has 4 atom stereocenters. The Labute approximate surface area is 130 Å². The topological polar surface area (TPSA) is 42.5 Å². The average Bonchev–Trinajstić information content (AvgIpc) is 2.97. The van der Waals surface area contributed by atoms with Crippen molar-refractivity contribution in [3.63, 3.8) is 0 Å². The maximum atomic E-state index is 6.06. The largest absolute Gasteiger partial charge is 0.361 e. The Morgan fingerprint density at radius 3 is 1.24 bits per heavy atom. The molecule has 0 amide bonds. The fourth-order valence-electron chi connectivity index (χ4n) is 2.94. The van der Waals surface area contributed by atoms with Gasteiger partial charge in [0.05, 0.1) is 13.2 Å². The van der Waals surface area contributed by atoms with E-state index in [0.717, 1.165) is 13.2 Å². The SMILES string of the molecule is CC(C)(C1N[C@H](C(C)(C)C)CO1)C1N[C@H](C(C)(C)C)CO1. The van der Waals surface area contributed by atoms with E-state index in [1.165, 1.54) is 0 Å². The van der Waals surface area contributed by atoms with Crippen LogP contribution in [0.2, 0.25) is 0 Å². The molecule has 0 spiro atoms. The predicted octanol–water partition coefficient (Wildman–Crippen LogP) is 2.73. The molecule has 0 saturated carbocycles. The van der Waals surface area contributed by atoms with Gasteiger partial charge in [-0.05, 0) is 10.8 Å².